The van der Waals surface area contributed by atoms with Crippen LogP contribution in [0.15, 0.2) is 18.2 Å². The Morgan fingerprint density at radius 2 is 2.00 bits per heavy atom. The predicted molar refractivity (Wildman–Crippen MR) is 98.4 cm³/mol. The number of amides is 3. The highest BCUT2D eigenvalue weighted by molar-refractivity contribution is 6.05. The van der Waals surface area contributed by atoms with Crippen LogP contribution in [0, 0.1) is 0 Å². The van der Waals surface area contributed by atoms with Crippen molar-refractivity contribution in [3.63, 3.8) is 0 Å². The van der Waals surface area contributed by atoms with Crippen LogP contribution in [0.1, 0.15) is 56.0 Å². The van der Waals surface area contributed by atoms with Gasteiger partial charge in [-0.05, 0) is 51.0 Å². The Kier molecular flexibility index (Phi) is 5.40. The van der Waals surface area contributed by atoms with Crippen molar-refractivity contribution in [1.29, 1.82) is 0 Å². The summed E-state index contributed by atoms with van der Waals surface area (Å²) in [5.74, 6) is -0.782. The molecule has 3 rings (SSSR count). The van der Waals surface area contributed by atoms with Crippen LogP contribution in [0.5, 0.6) is 5.75 Å². The van der Waals surface area contributed by atoms with Crippen molar-refractivity contribution in [2.75, 3.05) is 6.61 Å². The SMILES string of the molecule is CC(C)(C)OC(=O)CCOc1ccc2c(c1)CN(C1CCC(=O)NC1=O)C2=O. The molecule has 1 saturated heterocycles. The third-order valence-electron chi connectivity index (χ3n) is 4.49. The van der Waals surface area contributed by atoms with E-state index < -0.39 is 17.6 Å². The van der Waals surface area contributed by atoms with E-state index in [4.69, 9.17) is 9.47 Å². The molecule has 2 aliphatic heterocycles. The lowest BCUT2D eigenvalue weighted by molar-refractivity contribution is -0.155. The van der Waals surface area contributed by atoms with E-state index in [1.165, 1.54) is 4.90 Å². The Morgan fingerprint density at radius 1 is 1.25 bits per heavy atom. The van der Waals surface area contributed by atoms with Gasteiger partial charge in [0.25, 0.3) is 5.91 Å². The van der Waals surface area contributed by atoms with Crippen LogP contribution < -0.4 is 10.1 Å². The number of nitrogens with zero attached hydrogens (tertiary/aromatic N) is 1. The van der Waals surface area contributed by atoms with Crippen LogP contribution in [-0.2, 0) is 25.7 Å². The topological polar surface area (TPSA) is 102 Å². The summed E-state index contributed by atoms with van der Waals surface area (Å²) < 4.78 is 10.8. The summed E-state index contributed by atoms with van der Waals surface area (Å²) >= 11 is 0. The van der Waals surface area contributed by atoms with Crippen molar-refractivity contribution in [2.24, 2.45) is 0 Å². The van der Waals surface area contributed by atoms with Gasteiger partial charge >= 0.3 is 5.97 Å². The van der Waals surface area contributed by atoms with Crippen molar-refractivity contribution < 1.29 is 28.7 Å². The maximum absolute atomic E-state index is 12.6. The van der Waals surface area contributed by atoms with Gasteiger partial charge in [0.15, 0.2) is 0 Å². The molecule has 1 N–H and O–H groups in total. The van der Waals surface area contributed by atoms with Crippen LogP contribution in [0.3, 0.4) is 0 Å². The third kappa shape index (κ3) is 4.49. The van der Waals surface area contributed by atoms with Gasteiger partial charge in [-0.25, -0.2) is 0 Å². The first-order valence-electron chi connectivity index (χ1n) is 9.26. The van der Waals surface area contributed by atoms with Gasteiger partial charge in [-0.3, -0.25) is 24.5 Å². The molecule has 0 aliphatic carbocycles. The van der Waals surface area contributed by atoms with E-state index in [0.29, 0.717) is 17.7 Å². The van der Waals surface area contributed by atoms with Gasteiger partial charge in [0.2, 0.25) is 11.8 Å². The molecule has 8 heteroatoms. The summed E-state index contributed by atoms with van der Waals surface area (Å²) in [6.45, 7) is 5.86. The Morgan fingerprint density at radius 3 is 2.68 bits per heavy atom. The van der Waals surface area contributed by atoms with Crippen molar-refractivity contribution in [1.82, 2.24) is 10.2 Å². The number of carbonyl (C=O) groups is 4. The molecule has 8 nitrogen and oxygen atoms in total. The molecule has 0 radical (unpaired) electrons. The van der Waals surface area contributed by atoms with Crippen LogP contribution in [0.4, 0.5) is 0 Å². The number of benzene rings is 1. The molecule has 0 saturated carbocycles. The molecule has 1 aromatic rings. The van der Waals surface area contributed by atoms with Gasteiger partial charge < -0.3 is 14.4 Å². The Bertz CT molecular complexity index is 826. The molecule has 1 unspecified atom stereocenters. The summed E-state index contributed by atoms with van der Waals surface area (Å²) in [5, 5.41) is 2.28. The van der Waals surface area contributed by atoms with E-state index in [1.807, 2.05) is 0 Å². The second-order valence-corrected chi connectivity index (χ2v) is 7.90. The lowest BCUT2D eigenvalue weighted by atomic mass is 10.0. The van der Waals surface area contributed by atoms with Crippen molar-refractivity contribution in [3.8, 4) is 5.75 Å². The summed E-state index contributed by atoms with van der Waals surface area (Å²) in [6.07, 6.45) is 0.662. The zero-order chi connectivity index (χ0) is 20.5. The van der Waals surface area contributed by atoms with Gasteiger partial charge in [-0.1, -0.05) is 0 Å². The van der Waals surface area contributed by atoms with E-state index in [2.05, 4.69) is 5.32 Å². The molecule has 28 heavy (non-hydrogen) atoms. The third-order valence-corrected chi connectivity index (χ3v) is 4.49. The summed E-state index contributed by atoms with van der Waals surface area (Å²) in [7, 11) is 0. The van der Waals surface area contributed by atoms with Crippen molar-refractivity contribution in [3.05, 3.63) is 29.3 Å². The molecular weight excluding hydrogens is 364 g/mol. The second kappa shape index (κ2) is 7.61. The minimum atomic E-state index is -0.644. The molecule has 1 aromatic carbocycles. The monoisotopic (exact) mass is 388 g/mol. The molecule has 0 spiro atoms. The first-order chi connectivity index (χ1) is 13.1. The standard InChI is InChI=1S/C20H24N2O6/c1-20(2,3)28-17(24)8-9-27-13-4-5-14-12(10-13)11-22(19(14)26)15-6-7-16(23)21-18(15)25/h4-5,10,15H,6-9,11H2,1-3H3,(H,21,23,25). The molecule has 2 aliphatic rings. The van der Waals surface area contributed by atoms with Crippen LogP contribution >= 0.6 is 0 Å². The molecular formula is C20H24N2O6. The maximum atomic E-state index is 12.6. The number of hydrogen-bond donors (Lipinski definition) is 1. The average molecular weight is 388 g/mol. The number of esters is 1. The van der Waals surface area contributed by atoms with E-state index in [1.54, 1.807) is 39.0 Å². The largest absolute Gasteiger partial charge is 0.493 e. The molecule has 2 heterocycles. The first-order valence-corrected chi connectivity index (χ1v) is 9.26. The lowest BCUT2D eigenvalue weighted by Gasteiger charge is -2.29. The van der Waals surface area contributed by atoms with E-state index in [0.717, 1.165) is 5.56 Å². The zero-order valence-electron chi connectivity index (χ0n) is 16.2. The van der Waals surface area contributed by atoms with Crippen molar-refractivity contribution in [2.45, 2.75) is 58.2 Å². The maximum Gasteiger partial charge on any atom is 0.309 e. The highest BCUT2D eigenvalue weighted by atomic mass is 16.6. The smallest absolute Gasteiger partial charge is 0.309 e. The van der Waals surface area contributed by atoms with E-state index in [-0.39, 0.29) is 43.8 Å². The predicted octanol–water partition coefficient (Wildman–Crippen LogP) is 1.56. The molecule has 0 bridgehead atoms. The highest BCUT2D eigenvalue weighted by Crippen LogP contribution is 2.30. The normalized spacial score (nSPS) is 19.3. The number of piperidine rings is 1. The number of fused-ring (bicyclic) bond motifs is 1. The van der Waals surface area contributed by atoms with Gasteiger partial charge in [-0.15, -0.1) is 0 Å². The number of nitrogens with one attached hydrogen (secondary N) is 1. The highest BCUT2D eigenvalue weighted by Gasteiger charge is 2.39. The second-order valence-electron chi connectivity index (χ2n) is 7.90. The summed E-state index contributed by atoms with van der Waals surface area (Å²) in [4.78, 5) is 49.2. The Hall–Kier alpha value is -2.90. The molecule has 1 atom stereocenters. The van der Waals surface area contributed by atoms with Crippen LogP contribution in [0.25, 0.3) is 0 Å². The van der Waals surface area contributed by atoms with Crippen LogP contribution in [0.2, 0.25) is 0 Å². The first kappa shape index (κ1) is 19.9. The quantitative estimate of drug-likeness (QED) is 0.607. The average Bonchev–Trinajstić information content (AvgIpc) is 2.89. The number of hydrogen-bond acceptors (Lipinski definition) is 6. The lowest BCUT2D eigenvalue weighted by Crippen LogP contribution is -2.52. The fourth-order valence-corrected chi connectivity index (χ4v) is 3.29. The Balaban J connectivity index is 1.60. The minimum absolute atomic E-state index is 0.121. The minimum Gasteiger partial charge on any atom is -0.493 e. The summed E-state index contributed by atoms with van der Waals surface area (Å²) in [5.41, 5.74) is 0.735. The number of ether oxygens (including phenoxy) is 2. The van der Waals surface area contributed by atoms with Crippen LogP contribution in [-0.4, -0.2) is 46.8 Å². The number of rotatable bonds is 5. The van der Waals surface area contributed by atoms with E-state index in [9.17, 15) is 19.2 Å². The number of carbonyl (C=O) groups excluding carboxylic acids is 4. The Labute approximate surface area is 163 Å². The van der Waals surface area contributed by atoms with Gasteiger partial charge in [0.1, 0.15) is 17.4 Å². The molecule has 0 aromatic heterocycles. The molecule has 1 fully saturated rings. The van der Waals surface area contributed by atoms with E-state index >= 15 is 0 Å². The van der Waals surface area contributed by atoms with Gasteiger partial charge in [-0.2, -0.15) is 0 Å². The molecule has 150 valence electrons. The fraction of sp³-hybridized carbons (Fsp3) is 0.500. The van der Waals surface area contributed by atoms with Gasteiger partial charge in [0.05, 0.1) is 13.0 Å². The zero-order valence-corrected chi connectivity index (χ0v) is 16.2. The number of imide groups is 1. The molecule has 3 amide bonds. The van der Waals surface area contributed by atoms with Gasteiger partial charge in [0, 0.05) is 18.5 Å². The van der Waals surface area contributed by atoms with Crippen molar-refractivity contribution >= 4 is 23.7 Å². The fourth-order valence-electron chi connectivity index (χ4n) is 3.29. The summed E-state index contributed by atoms with van der Waals surface area (Å²) in [6, 6.07) is 4.43.